The van der Waals surface area contributed by atoms with Crippen molar-refractivity contribution in [3.63, 3.8) is 0 Å². The van der Waals surface area contributed by atoms with E-state index in [1.54, 1.807) is 0 Å². The van der Waals surface area contributed by atoms with Crippen molar-refractivity contribution < 1.29 is 18.3 Å². The third kappa shape index (κ3) is 6.13. The largest absolute Gasteiger partial charge is 0.481 e. The van der Waals surface area contributed by atoms with Gasteiger partial charge in [-0.3, -0.25) is 9.69 Å². The summed E-state index contributed by atoms with van der Waals surface area (Å²) in [6.45, 7) is 1.48. The summed E-state index contributed by atoms with van der Waals surface area (Å²) < 4.78 is 23.6. The zero-order chi connectivity index (χ0) is 17.6. The summed E-state index contributed by atoms with van der Waals surface area (Å²) in [5, 5.41) is 8.68. The SMILES string of the molecule is Nc1ccc(CN(CCCCCC(=O)O)[C@@H]2CCS(=O)(=O)C2)cc1. The summed E-state index contributed by atoms with van der Waals surface area (Å²) in [6.07, 6.45) is 3.24. The van der Waals surface area contributed by atoms with Crippen LogP contribution in [0.2, 0.25) is 0 Å². The maximum atomic E-state index is 11.8. The standard InChI is InChI=1S/C17H26N2O4S/c18-15-7-5-14(6-8-15)12-19(10-3-1-2-4-17(20)21)16-9-11-24(22,23)13-16/h5-8,16H,1-4,9-13,18H2,(H,20,21)/t16-/m1/s1. The molecule has 1 aromatic carbocycles. The molecule has 1 fully saturated rings. The molecule has 1 aromatic rings. The summed E-state index contributed by atoms with van der Waals surface area (Å²) in [6, 6.07) is 7.69. The minimum absolute atomic E-state index is 0.0482. The topological polar surface area (TPSA) is 101 Å². The molecule has 6 nitrogen and oxygen atoms in total. The van der Waals surface area contributed by atoms with Gasteiger partial charge >= 0.3 is 5.97 Å². The van der Waals surface area contributed by atoms with Crippen LogP contribution in [0, 0.1) is 0 Å². The van der Waals surface area contributed by atoms with E-state index in [9.17, 15) is 13.2 Å². The third-order valence-electron chi connectivity index (χ3n) is 4.43. The number of nitrogens with two attached hydrogens (primary N) is 1. The molecular formula is C17H26N2O4S. The van der Waals surface area contributed by atoms with E-state index >= 15 is 0 Å². The highest BCUT2D eigenvalue weighted by molar-refractivity contribution is 7.91. The zero-order valence-corrected chi connectivity index (χ0v) is 14.7. The summed E-state index contributed by atoms with van der Waals surface area (Å²) >= 11 is 0. The van der Waals surface area contributed by atoms with E-state index in [1.165, 1.54) is 0 Å². The van der Waals surface area contributed by atoms with Crippen LogP contribution in [0.4, 0.5) is 5.69 Å². The molecule has 2 rings (SSSR count). The first-order chi connectivity index (χ1) is 11.4. The van der Waals surface area contributed by atoms with Gasteiger partial charge in [0.25, 0.3) is 0 Å². The molecule has 0 unspecified atom stereocenters. The maximum Gasteiger partial charge on any atom is 0.303 e. The van der Waals surface area contributed by atoms with E-state index in [1.807, 2.05) is 24.3 Å². The van der Waals surface area contributed by atoms with Crippen molar-refractivity contribution in [2.75, 3.05) is 23.8 Å². The van der Waals surface area contributed by atoms with Crippen LogP contribution < -0.4 is 5.73 Å². The lowest BCUT2D eigenvalue weighted by Crippen LogP contribution is -2.36. The number of nitrogen functional groups attached to an aromatic ring is 1. The monoisotopic (exact) mass is 354 g/mol. The number of hydrogen-bond donors (Lipinski definition) is 2. The Hall–Kier alpha value is -1.60. The van der Waals surface area contributed by atoms with Gasteiger partial charge in [-0.25, -0.2) is 8.42 Å². The van der Waals surface area contributed by atoms with Crippen LogP contribution in [0.1, 0.15) is 37.7 Å². The van der Waals surface area contributed by atoms with Crippen molar-refractivity contribution in [3.8, 4) is 0 Å². The molecule has 7 heteroatoms. The van der Waals surface area contributed by atoms with Gasteiger partial charge in [0.15, 0.2) is 9.84 Å². The van der Waals surface area contributed by atoms with E-state index in [4.69, 9.17) is 10.8 Å². The number of sulfone groups is 1. The van der Waals surface area contributed by atoms with Crippen molar-refractivity contribution >= 4 is 21.5 Å². The van der Waals surface area contributed by atoms with Crippen molar-refractivity contribution in [3.05, 3.63) is 29.8 Å². The molecule has 0 radical (unpaired) electrons. The average Bonchev–Trinajstić information content (AvgIpc) is 2.87. The summed E-state index contributed by atoms with van der Waals surface area (Å²) in [5.41, 5.74) is 7.53. The van der Waals surface area contributed by atoms with Crippen molar-refractivity contribution in [1.82, 2.24) is 4.90 Å². The summed E-state index contributed by atoms with van der Waals surface area (Å²) in [5.74, 6) is -0.290. The van der Waals surface area contributed by atoms with Crippen LogP contribution in [-0.4, -0.2) is 48.5 Å². The Morgan fingerprint density at radius 2 is 1.92 bits per heavy atom. The Bertz CT molecular complexity index is 643. The molecule has 0 amide bonds. The average molecular weight is 354 g/mol. The van der Waals surface area contributed by atoms with Crippen LogP contribution >= 0.6 is 0 Å². The van der Waals surface area contributed by atoms with Gasteiger partial charge in [-0.1, -0.05) is 18.6 Å². The molecule has 0 saturated carbocycles. The van der Waals surface area contributed by atoms with Crippen molar-refractivity contribution in [2.24, 2.45) is 0 Å². The molecule has 1 aliphatic rings. The zero-order valence-electron chi connectivity index (χ0n) is 13.9. The fourth-order valence-electron chi connectivity index (χ4n) is 3.08. The molecular weight excluding hydrogens is 328 g/mol. The van der Waals surface area contributed by atoms with Crippen LogP contribution in [0.25, 0.3) is 0 Å². The third-order valence-corrected chi connectivity index (χ3v) is 6.18. The molecule has 0 spiro atoms. The molecule has 1 aliphatic heterocycles. The van der Waals surface area contributed by atoms with Gasteiger partial charge in [0.1, 0.15) is 0 Å². The number of nitrogens with zero attached hydrogens (tertiary/aromatic N) is 1. The minimum atomic E-state index is -2.93. The van der Waals surface area contributed by atoms with E-state index in [2.05, 4.69) is 4.90 Å². The maximum absolute atomic E-state index is 11.8. The van der Waals surface area contributed by atoms with Crippen LogP contribution in [0.3, 0.4) is 0 Å². The van der Waals surface area contributed by atoms with Crippen molar-refractivity contribution in [2.45, 2.75) is 44.7 Å². The molecule has 134 valence electrons. The van der Waals surface area contributed by atoms with Gasteiger partial charge < -0.3 is 10.8 Å². The molecule has 1 atom stereocenters. The van der Waals surface area contributed by atoms with Gasteiger partial charge in [0.2, 0.25) is 0 Å². The molecule has 0 bridgehead atoms. The van der Waals surface area contributed by atoms with Gasteiger partial charge in [-0.2, -0.15) is 0 Å². The van der Waals surface area contributed by atoms with Crippen LogP contribution in [-0.2, 0) is 21.2 Å². The van der Waals surface area contributed by atoms with Gasteiger partial charge in [-0.15, -0.1) is 0 Å². The van der Waals surface area contributed by atoms with Crippen molar-refractivity contribution in [1.29, 1.82) is 0 Å². The van der Waals surface area contributed by atoms with Gasteiger partial charge in [0, 0.05) is 24.7 Å². The molecule has 1 heterocycles. The normalized spacial score (nSPS) is 19.6. The minimum Gasteiger partial charge on any atom is -0.481 e. The number of carbonyl (C=O) groups is 1. The van der Waals surface area contributed by atoms with E-state index in [0.717, 1.165) is 24.9 Å². The highest BCUT2D eigenvalue weighted by Crippen LogP contribution is 2.21. The Kier molecular flexibility index (Phi) is 6.62. The quantitative estimate of drug-likeness (QED) is 0.519. The second kappa shape index (κ2) is 8.48. The highest BCUT2D eigenvalue weighted by Gasteiger charge is 2.31. The molecule has 0 aromatic heterocycles. The van der Waals surface area contributed by atoms with E-state index in [-0.39, 0.29) is 24.0 Å². The Balaban J connectivity index is 1.93. The number of anilines is 1. The highest BCUT2D eigenvalue weighted by atomic mass is 32.2. The smallest absolute Gasteiger partial charge is 0.303 e. The van der Waals surface area contributed by atoms with Crippen LogP contribution in [0.15, 0.2) is 24.3 Å². The number of hydrogen-bond acceptors (Lipinski definition) is 5. The lowest BCUT2D eigenvalue weighted by molar-refractivity contribution is -0.137. The first-order valence-electron chi connectivity index (χ1n) is 8.36. The first-order valence-corrected chi connectivity index (χ1v) is 10.2. The predicted molar refractivity (Wildman–Crippen MR) is 94.4 cm³/mol. The first kappa shape index (κ1) is 18.7. The van der Waals surface area contributed by atoms with Crippen LogP contribution in [0.5, 0.6) is 0 Å². The lowest BCUT2D eigenvalue weighted by Gasteiger charge is -2.28. The number of carboxylic acids is 1. The predicted octanol–water partition coefficient (Wildman–Crippen LogP) is 1.90. The second-order valence-electron chi connectivity index (χ2n) is 6.47. The molecule has 24 heavy (non-hydrogen) atoms. The van der Waals surface area contributed by atoms with E-state index in [0.29, 0.717) is 25.1 Å². The number of carboxylic acid groups (broad SMARTS) is 1. The number of unbranched alkanes of at least 4 members (excludes halogenated alkanes) is 2. The van der Waals surface area contributed by atoms with Gasteiger partial charge in [-0.05, 0) is 43.5 Å². The second-order valence-corrected chi connectivity index (χ2v) is 8.70. The molecule has 0 aliphatic carbocycles. The molecule has 3 N–H and O–H groups in total. The summed E-state index contributed by atoms with van der Waals surface area (Å²) in [4.78, 5) is 12.8. The fraction of sp³-hybridized carbons (Fsp3) is 0.588. The summed E-state index contributed by atoms with van der Waals surface area (Å²) in [7, 11) is -2.93. The Labute approximate surface area is 143 Å². The Morgan fingerprint density at radius 1 is 1.21 bits per heavy atom. The van der Waals surface area contributed by atoms with Gasteiger partial charge in [0.05, 0.1) is 11.5 Å². The molecule has 1 saturated heterocycles. The number of aliphatic carboxylic acids is 1. The number of benzene rings is 1. The Morgan fingerprint density at radius 3 is 2.50 bits per heavy atom. The fourth-order valence-corrected chi connectivity index (χ4v) is 4.84. The lowest BCUT2D eigenvalue weighted by atomic mass is 10.1. The van der Waals surface area contributed by atoms with E-state index < -0.39 is 15.8 Å². The number of rotatable bonds is 9.